The molecule has 0 spiro atoms. The third kappa shape index (κ3) is 2.06. The number of aryl methyl sites for hydroxylation is 1. The number of benzene rings is 1. The highest BCUT2D eigenvalue weighted by molar-refractivity contribution is 5.92. The van der Waals surface area contributed by atoms with Crippen LogP contribution in [-0.4, -0.2) is 35.8 Å². The molecule has 3 heterocycles. The second-order valence-corrected chi connectivity index (χ2v) is 4.84. The van der Waals surface area contributed by atoms with E-state index in [-0.39, 0.29) is 0 Å². The molecule has 0 aliphatic heterocycles. The molecule has 0 fully saturated rings. The Morgan fingerprint density at radius 1 is 1.14 bits per heavy atom. The number of aromatic nitrogens is 7. The van der Waals surface area contributed by atoms with E-state index in [1.165, 1.54) is 0 Å². The number of nitrogens with zero attached hydrogens (tertiary/aromatic N) is 5. The van der Waals surface area contributed by atoms with Gasteiger partial charge in [0.1, 0.15) is 5.82 Å². The van der Waals surface area contributed by atoms with Gasteiger partial charge in [0.25, 0.3) is 0 Å². The Labute approximate surface area is 125 Å². The van der Waals surface area contributed by atoms with Crippen molar-refractivity contribution in [2.45, 2.75) is 6.92 Å². The highest BCUT2D eigenvalue weighted by Crippen LogP contribution is 2.27. The van der Waals surface area contributed by atoms with Gasteiger partial charge in [0, 0.05) is 23.1 Å². The Kier molecular flexibility index (Phi) is 2.78. The van der Waals surface area contributed by atoms with E-state index in [9.17, 15) is 0 Å². The molecule has 0 radical (unpaired) electrons. The van der Waals surface area contributed by atoms with E-state index in [1.807, 2.05) is 37.3 Å². The zero-order valence-electron chi connectivity index (χ0n) is 11.7. The Hall–Kier alpha value is -3.29. The molecule has 0 amide bonds. The third-order valence-electron chi connectivity index (χ3n) is 3.38. The smallest absolute Gasteiger partial charge is 0.204 e. The lowest BCUT2D eigenvalue weighted by atomic mass is 10.2. The monoisotopic (exact) mass is 292 g/mol. The molecule has 0 aliphatic carbocycles. The second kappa shape index (κ2) is 4.92. The van der Waals surface area contributed by atoms with Crippen LogP contribution in [0.1, 0.15) is 5.69 Å². The van der Waals surface area contributed by atoms with E-state index < -0.39 is 0 Å². The van der Waals surface area contributed by atoms with Crippen molar-refractivity contribution in [1.82, 2.24) is 35.8 Å². The van der Waals surface area contributed by atoms with Crippen molar-refractivity contribution in [3.8, 4) is 11.4 Å². The highest BCUT2D eigenvalue weighted by Gasteiger charge is 2.09. The number of tetrazole rings is 1. The summed E-state index contributed by atoms with van der Waals surface area (Å²) in [7, 11) is 0. The zero-order valence-corrected chi connectivity index (χ0v) is 11.7. The van der Waals surface area contributed by atoms with Crippen LogP contribution in [0.5, 0.6) is 0 Å². The number of hydrogen-bond donors (Lipinski definition) is 3. The van der Waals surface area contributed by atoms with Crippen LogP contribution < -0.4 is 5.32 Å². The average Bonchev–Trinajstić information content (AvgIpc) is 3.19. The van der Waals surface area contributed by atoms with Gasteiger partial charge in [0.15, 0.2) is 0 Å². The van der Waals surface area contributed by atoms with Gasteiger partial charge in [-0.3, -0.25) is 5.10 Å². The lowest BCUT2D eigenvalue weighted by molar-refractivity contribution is 0.881. The summed E-state index contributed by atoms with van der Waals surface area (Å²) in [5.41, 5.74) is 3.61. The van der Waals surface area contributed by atoms with Crippen molar-refractivity contribution in [3.05, 3.63) is 42.2 Å². The molecule has 0 aliphatic rings. The second-order valence-electron chi connectivity index (χ2n) is 4.84. The predicted octanol–water partition coefficient (Wildman–Crippen LogP) is 2.19. The van der Waals surface area contributed by atoms with Crippen molar-refractivity contribution in [1.29, 1.82) is 0 Å². The van der Waals surface area contributed by atoms with Gasteiger partial charge in [0.2, 0.25) is 5.82 Å². The van der Waals surface area contributed by atoms with Crippen LogP contribution in [0.4, 0.5) is 11.5 Å². The molecule has 4 rings (SSSR count). The first kappa shape index (κ1) is 12.5. The molecule has 0 atom stereocenters. The SMILES string of the molecule is Cc1[nH]nc2ccnc(Nc3cccc(-c4nn[nH]n4)c3)c12. The van der Waals surface area contributed by atoms with E-state index in [0.717, 1.165) is 33.7 Å². The van der Waals surface area contributed by atoms with E-state index in [2.05, 4.69) is 41.1 Å². The van der Waals surface area contributed by atoms with Crippen molar-refractivity contribution < 1.29 is 0 Å². The number of pyridine rings is 1. The van der Waals surface area contributed by atoms with Crippen LogP contribution in [-0.2, 0) is 0 Å². The number of fused-ring (bicyclic) bond motifs is 1. The Morgan fingerprint density at radius 3 is 2.95 bits per heavy atom. The molecule has 3 N–H and O–H groups in total. The molecule has 1 aromatic carbocycles. The topological polar surface area (TPSA) is 108 Å². The van der Waals surface area contributed by atoms with Gasteiger partial charge in [0.05, 0.1) is 10.9 Å². The number of H-pyrrole nitrogens is 2. The minimum Gasteiger partial charge on any atom is -0.340 e. The summed E-state index contributed by atoms with van der Waals surface area (Å²) in [6.45, 7) is 1.97. The Balaban J connectivity index is 1.74. The van der Waals surface area contributed by atoms with Gasteiger partial charge in [-0.05, 0) is 30.3 Å². The summed E-state index contributed by atoms with van der Waals surface area (Å²) in [4.78, 5) is 4.41. The lowest BCUT2D eigenvalue weighted by Crippen LogP contribution is -1.95. The molecule has 0 unspecified atom stereocenters. The van der Waals surface area contributed by atoms with Crippen molar-refractivity contribution in [2.75, 3.05) is 5.32 Å². The first-order valence-electron chi connectivity index (χ1n) is 6.72. The molecule has 22 heavy (non-hydrogen) atoms. The summed E-state index contributed by atoms with van der Waals surface area (Å²) >= 11 is 0. The van der Waals surface area contributed by atoms with E-state index in [1.54, 1.807) is 6.20 Å². The molecule has 0 bridgehead atoms. The molecule has 0 saturated carbocycles. The van der Waals surface area contributed by atoms with E-state index in [4.69, 9.17) is 0 Å². The first-order valence-corrected chi connectivity index (χ1v) is 6.72. The fourth-order valence-electron chi connectivity index (χ4n) is 2.37. The van der Waals surface area contributed by atoms with Crippen LogP contribution in [0.2, 0.25) is 0 Å². The minimum absolute atomic E-state index is 0.550. The molecule has 3 aromatic heterocycles. The van der Waals surface area contributed by atoms with Crippen LogP contribution in [0.15, 0.2) is 36.5 Å². The summed E-state index contributed by atoms with van der Waals surface area (Å²) in [5, 5.41) is 25.5. The number of hydrogen-bond acceptors (Lipinski definition) is 6. The van der Waals surface area contributed by atoms with E-state index in [0.29, 0.717) is 5.82 Å². The standard InChI is InChI=1S/C14H12N8/c1-8-12-11(18-17-8)5-6-15-14(12)16-10-4-2-3-9(7-10)13-19-21-22-20-13/h2-7H,1H3,(H,15,16)(H,17,18)(H,19,20,21,22). The number of rotatable bonds is 3. The molecule has 8 nitrogen and oxygen atoms in total. The van der Waals surface area contributed by atoms with Crippen LogP contribution in [0.25, 0.3) is 22.3 Å². The quantitative estimate of drug-likeness (QED) is 0.534. The number of nitrogens with one attached hydrogen (secondary N) is 3. The normalized spacial score (nSPS) is 11.0. The summed E-state index contributed by atoms with van der Waals surface area (Å²) in [6.07, 6.45) is 1.73. The summed E-state index contributed by atoms with van der Waals surface area (Å²) in [6, 6.07) is 9.63. The maximum atomic E-state index is 4.41. The van der Waals surface area contributed by atoms with Gasteiger partial charge in [-0.25, -0.2) is 4.98 Å². The maximum absolute atomic E-state index is 4.41. The Bertz CT molecular complexity index is 925. The highest BCUT2D eigenvalue weighted by atomic mass is 15.5. The largest absolute Gasteiger partial charge is 0.340 e. The third-order valence-corrected chi connectivity index (χ3v) is 3.38. The van der Waals surface area contributed by atoms with Gasteiger partial charge in [-0.15, -0.1) is 10.2 Å². The fraction of sp³-hybridized carbons (Fsp3) is 0.0714. The zero-order chi connectivity index (χ0) is 14.9. The average molecular weight is 292 g/mol. The predicted molar refractivity (Wildman–Crippen MR) is 81.5 cm³/mol. The Morgan fingerprint density at radius 2 is 2.09 bits per heavy atom. The van der Waals surface area contributed by atoms with Gasteiger partial charge < -0.3 is 5.32 Å². The van der Waals surface area contributed by atoms with E-state index >= 15 is 0 Å². The molecule has 4 aromatic rings. The molecule has 0 saturated heterocycles. The molecular weight excluding hydrogens is 280 g/mol. The van der Waals surface area contributed by atoms with Crippen molar-refractivity contribution in [2.24, 2.45) is 0 Å². The minimum atomic E-state index is 0.550. The van der Waals surface area contributed by atoms with Gasteiger partial charge in [-0.2, -0.15) is 10.3 Å². The number of aromatic amines is 2. The first-order chi connectivity index (χ1) is 10.8. The fourth-order valence-corrected chi connectivity index (χ4v) is 2.37. The molecular formula is C14H12N8. The van der Waals surface area contributed by atoms with Crippen LogP contribution in [0, 0.1) is 6.92 Å². The summed E-state index contributed by atoms with van der Waals surface area (Å²) in [5.74, 6) is 1.31. The van der Waals surface area contributed by atoms with Crippen LogP contribution in [0.3, 0.4) is 0 Å². The molecule has 108 valence electrons. The lowest BCUT2D eigenvalue weighted by Gasteiger charge is -2.07. The molecule has 8 heteroatoms. The van der Waals surface area contributed by atoms with Gasteiger partial charge >= 0.3 is 0 Å². The van der Waals surface area contributed by atoms with Crippen LogP contribution >= 0.6 is 0 Å². The van der Waals surface area contributed by atoms with Gasteiger partial charge in [-0.1, -0.05) is 12.1 Å². The van der Waals surface area contributed by atoms with Crippen molar-refractivity contribution in [3.63, 3.8) is 0 Å². The maximum Gasteiger partial charge on any atom is 0.204 e. The summed E-state index contributed by atoms with van der Waals surface area (Å²) < 4.78 is 0. The number of anilines is 2. The van der Waals surface area contributed by atoms with Crippen molar-refractivity contribution >= 4 is 22.4 Å².